The van der Waals surface area contributed by atoms with Gasteiger partial charge in [0.25, 0.3) is 0 Å². The molecule has 0 radical (unpaired) electrons. The lowest BCUT2D eigenvalue weighted by Crippen LogP contribution is -2.59. The number of ether oxygens (including phenoxy) is 1. The zero-order valence-electron chi connectivity index (χ0n) is 40.5. The Morgan fingerprint density at radius 2 is 1.63 bits per heavy atom. The molecule has 4 N–H and O–H groups in total. The van der Waals surface area contributed by atoms with Gasteiger partial charge in [0.1, 0.15) is 30.3 Å². The predicted octanol–water partition coefficient (Wildman–Crippen LogP) is 8.68. The molecule has 0 bridgehead atoms. The number of aryl methyl sites for hydroxylation is 1. The minimum absolute atomic E-state index is 0.0168. The third-order valence-corrected chi connectivity index (χ3v) is 17.5. The molecule has 3 amide bonds. The van der Waals surface area contributed by atoms with E-state index >= 15 is 8.78 Å². The Morgan fingerprint density at radius 1 is 0.915 bits per heavy atom. The first-order chi connectivity index (χ1) is 34.1. The number of anilines is 6. The molecule has 3 aromatic carbocycles. The fourth-order valence-corrected chi connectivity index (χ4v) is 13.6. The van der Waals surface area contributed by atoms with Gasteiger partial charge in [-0.1, -0.05) is 25.1 Å². The summed E-state index contributed by atoms with van der Waals surface area (Å²) >= 11 is 3.60. The van der Waals surface area contributed by atoms with Gasteiger partial charge in [-0.05, 0) is 116 Å². The minimum atomic E-state index is -2.73. The molecule has 5 aromatic rings. The summed E-state index contributed by atoms with van der Waals surface area (Å²) in [4.78, 5) is 58.5. The number of imide groups is 1. The number of piperazine rings is 1. The van der Waals surface area contributed by atoms with Crippen LogP contribution in [0.2, 0.25) is 0 Å². The van der Waals surface area contributed by atoms with Gasteiger partial charge in [0.2, 0.25) is 23.7 Å². The zero-order chi connectivity index (χ0) is 49.8. The van der Waals surface area contributed by atoms with E-state index in [2.05, 4.69) is 76.0 Å². The van der Waals surface area contributed by atoms with Crippen LogP contribution >= 0.6 is 23.1 Å². The number of nitrogens with one attached hydrogen (secondary N) is 4. The van der Waals surface area contributed by atoms with Crippen LogP contribution in [0.4, 0.5) is 43.3 Å². The second-order valence-corrected chi connectivity index (χ2v) is 24.4. The van der Waals surface area contributed by atoms with Gasteiger partial charge in [-0.25, -0.2) is 13.8 Å². The number of para-hydroxylation sites is 1. The van der Waals surface area contributed by atoms with Gasteiger partial charge in [-0.3, -0.25) is 29.6 Å². The van der Waals surface area contributed by atoms with Crippen LogP contribution in [0, 0.1) is 23.0 Å². The van der Waals surface area contributed by atoms with Crippen molar-refractivity contribution in [2.24, 2.45) is 11.3 Å². The summed E-state index contributed by atoms with van der Waals surface area (Å²) in [6, 6.07) is 14.9. The Morgan fingerprint density at radius 3 is 2.31 bits per heavy atom. The molecule has 3 aliphatic heterocycles. The number of amides is 3. The lowest BCUT2D eigenvalue weighted by Gasteiger charge is -2.58. The van der Waals surface area contributed by atoms with E-state index in [-0.39, 0.29) is 41.7 Å². The van der Waals surface area contributed by atoms with Gasteiger partial charge < -0.3 is 35.1 Å². The molecule has 2 aromatic heterocycles. The van der Waals surface area contributed by atoms with Crippen LogP contribution < -0.4 is 36.2 Å². The number of pyridine rings is 1. The number of fused-ring (bicyclic) bond motifs is 1. The van der Waals surface area contributed by atoms with Gasteiger partial charge in [0.15, 0.2) is 0 Å². The highest BCUT2D eigenvalue weighted by Gasteiger charge is 2.55. The van der Waals surface area contributed by atoms with Crippen molar-refractivity contribution in [1.29, 1.82) is 0 Å². The van der Waals surface area contributed by atoms with E-state index in [0.717, 1.165) is 106 Å². The fourth-order valence-electron chi connectivity index (χ4n) is 11.8. The number of benzene rings is 3. The van der Waals surface area contributed by atoms with Crippen LogP contribution in [-0.4, -0.2) is 114 Å². The molecule has 19 heteroatoms. The first kappa shape index (κ1) is 48.9. The molecule has 1 unspecified atom stereocenters. The summed E-state index contributed by atoms with van der Waals surface area (Å²) in [5.74, 6) is -1.92. The standard InChI is InChI=1S/C52H60BrF2N10O5P/c1-5-30-20-41(60-51-57-28-37(53)48(62-51)59-42-29-56-40-9-7-6-8-35(40)47(42)71(3,4)69)44(70-2)23-43(30)64-14-12-34(13-15-64)63-16-18-65(19-17-63)50(68)31-24-52(25-31)26-33(27-52)58-32-21-38(54)46(39(55)22-32)36-10-11-45(66)61-49(36)67/h6-9,20-23,28-29,31,33-34,36,58H,5,10-19,24-27H2,1-4H3,(H,61,66,67)(H2,57,59,60,62). The quantitative estimate of drug-likeness (QED) is 0.0652. The highest BCUT2D eigenvalue weighted by molar-refractivity contribution is 9.10. The Bertz CT molecular complexity index is 2920. The molecule has 5 heterocycles. The SMILES string of the molecule is CCc1cc(Nc2ncc(Br)c(Nc3cnc4ccccc4c3P(C)(C)=O)n2)c(OC)cc1N1CCC(N2CCN(C(=O)C3CC4(CC(Nc5cc(F)c(C6CCC(=O)NC6=O)c(F)c5)C4)C3)CC2)CC1. The Balaban J connectivity index is 0.698. The van der Waals surface area contributed by atoms with Crippen LogP contribution in [0.15, 0.2) is 65.4 Å². The largest absolute Gasteiger partial charge is 0.494 e. The smallest absolute Gasteiger partial charge is 0.234 e. The van der Waals surface area contributed by atoms with E-state index < -0.39 is 36.5 Å². The van der Waals surface area contributed by atoms with Crippen molar-refractivity contribution in [2.75, 3.05) is 80.6 Å². The molecule has 3 saturated heterocycles. The van der Waals surface area contributed by atoms with Crippen LogP contribution in [0.3, 0.4) is 0 Å². The molecule has 5 fully saturated rings. The van der Waals surface area contributed by atoms with Crippen LogP contribution in [-0.2, 0) is 25.4 Å². The first-order valence-electron chi connectivity index (χ1n) is 24.7. The number of piperidine rings is 2. The van der Waals surface area contributed by atoms with Crippen molar-refractivity contribution in [1.82, 2.24) is 30.1 Å². The van der Waals surface area contributed by atoms with Crippen molar-refractivity contribution in [2.45, 2.75) is 82.7 Å². The number of methoxy groups -OCH3 is 1. The Hall–Kier alpha value is -5.71. The highest BCUT2D eigenvalue weighted by atomic mass is 79.9. The number of carbonyl (C=O) groups is 3. The summed E-state index contributed by atoms with van der Waals surface area (Å²) in [5.41, 5.74) is 4.60. The van der Waals surface area contributed by atoms with E-state index in [4.69, 9.17) is 9.72 Å². The molecule has 2 aliphatic carbocycles. The summed E-state index contributed by atoms with van der Waals surface area (Å²) in [7, 11) is -1.06. The summed E-state index contributed by atoms with van der Waals surface area (Å²) in [5, 5.41) is 13.8. The Kier molecular flexibility index (Phi) is 13.6. The van der Waals surface area contributed by atoms with Crippen molar-refractivity contribution in [3.63, 3.8) is 0 Å². The van der Waals surface area contributed by atoms with Crippen LogP contribution in [0.25, 0.3) is 10.9 Å². The molecule has 374 valence electrons. The van der Waals surface area contributed by atoms with E-state index in [1.807, 2.05) is 29.2 Å². The molecular formula is C52H60BrF2N10O5P. The van der Waals surface area contributed by atoms with Crippen LogP contribution in [0.1, 0.15) is 75.3 Å². The highest BCUT2D eigenvalue weighted by Crippen LogP contribution is 2.59. The number of rotatable bonds is 13. The third kappa shape index (κ3) is 9.96. The van der Waals surface area contributed by atoms with E-state index in [1.54, 1.807) is 32.8 Å². The molecule has 2 saturated carbocycles. The maximum absolute atomic E-state index is 15.1. The summed E-state index contributed by atoms with van der Waals surface area (Å²) < 4.78 is 50.4. The monoisotopic (exact) mass is 1050 g/mol. The Labute approximate surface area is 420 Å². The molecule has 5 aliphatic rings. The number of hydrogen-bond donors (Lipinski definition) is 4. The molecule has 1 atom stereocenters. The topological polar surface area (TPSA) is 174 Å². The van der Waals surface area contributed by atoms with Gasteiger partial charge in [-0.2, -0.15) is 4.98 Å². The minimum Gasteiger partial charge on any atom is -0.494 e. The summed E-state index contributed by atoms with van der Waals surface area (Å²) in [6.07, 6.45) is 9.71. The van der Waals surface area contributed by atoms with E-state index in [1.165, 1.54) is 17.7 Å². The maximum atomic E-state index is 15.1. The van der Waals surface area contributed by atoms with Crippen molar-refractivity contribution >= 4 is 91.5 Å². The number of carbonyl (C=O) groups excluding carboxylic acids is 3. The number of nitrogens with zero attached hydrogens (tertiary/aromatic N) is 6. The lowest BCUT2D eigenvalue weighted by molar-refractivity contribution is -0.150. The van der Waals surface area contributed by atoms with Gasteiger partial charge in [0.05, 0.1) is 40.6 Å². The first-order valence-corrected chi connectivity index (χ1v) is 28.1. The normalized spacial score (nSPS) is 23.0. The van der Waals surface area contributed by atoms with Gasteiger partial charge >= 0.3 is 0 Å². The zero-order valence-corrected chi connectivity index (χ0v) is 43.0. The predicted molar refractivity (Wildman–Crippen MR) is 276 cm³/mol. The van der Waals surface area contributed by atoms with Crippen molar-refractivity contribution in [3.05, 3.63) is 88.2 Å². The van der Waals surface area contributed by atoms with Gasteiger partial charge in [-0.15, -0.1) is 0 Å². The van der Waals surface area contributed by atoms with Crippen molar-refractivity contribution < 1.29 is 32.5 Å². The average molecular weight is 1050 g/mol. The second-order valence-electron chi connectivity index (χ2n) is 20.4. The number of halogens is 3. The number of aromatic nitrogens is 3. The summed E-state index contributed by atoms with van der Waals surface area (Å²) in [6.45, 7) is 10.7. The molecular weight excluding hydrogens is 994 g/mol. The van der Waals surface area contributed by atoms with Crippen molar-refractivity contribution in [3.8, 4) is 5.75 Å². The third-order valence-electron chi connectivity index (χ3n) is 15.4. The molecule has 15 nitrogen and oxygen atoms in total. The average Bonchev–Trinajstić information content (AvgIpc) is 3.32. The number of hydrogen-bond acceptors (Lipinski definition) is 13. The van der Waals surface area contributed by atoms with E-state index in [0.29, 0.717) is 44.7 Å². The maximum Gasteiger partial charge on any atom is 0.234 e. The second kappa shape index (κ2) is 19.7. The molecule has 10 rings (SSSR count). The fraction of sp³-hybridized carbons (Fsp3) is 0.462. The lowest BCUT2D eigenvalue weighted by atomic mass is 9.49. The van der Waals surface area contributed by atoms with E-state index in [9.17, 15) is 18.9 Å². The van der Waals surface area contributed by atoms with Crippen LogP contribution in [0.5, 0.6) is 5.75 Å². The molecule has 1 spiro atoms. The molecule has 71 heavy (non-hydrogen) atoms. The van der Waals surface area contributed by atoms with Gasteiger partial charge in [0, 0.05) is 104 Å².